The van der Waals surface area contributed by atoms with E-state index in [-0.39, 0.29) is 22.2 Å². The molecule has 0 aliphatic carbocycles. The molecule has 8 heteroatoms. The molecule has 1 N–H and O–H groups in total. The van der Waals surface area contributed by atoms with Gasteiger partial charge >= 0.3 is 6.18 Å². The largest absolute Gasteiger partial charge is 0.482 e. The molecule has 112 valence electrons. The van der Waals surface area contributed by atoms with Gasteiger partial charge in [0, 0.05) is 5.02 Å². The third-order valence-corrected chi connectivity index (χ3v) is 2.56. The minimum Gasteiger partial charge on any atom is -0.482 e. The van der Waals surface area contributed by atoms with Crippen LogP contribution in [0.3, 0.4) is 0 Å². The van der Waals surface area contributed by atoms with Crippen LogP contribution in [0.1, 0.15) is 10.6 Å². The second kappa shape index (κ2) is 6.09. The number of carbonyl (C=O) groups excluding carboxylic acids is 1. The summed E-state index contributed by atoms with van der Waals surface area (Å²) in [5.41, 5.74) is 0.0214. The van der Waals surface area contributed by atoms with Gasteiger partial charge in [0.15, 0.2) is 12.4 Å². The van der Waals surface area contributed by atoms with Gasteiger partial charge in [-0.05, 0) is 30.3 Å². The van der Waals surface area contributed by atoms with Gasteiger partial charge < -0.3 is 14.5 Å². The van der Waals surface area contributed by atoms with E-state index < -0.39 is 18.7 Å². The molecule has 1 heterocycles. The Hall–Kier alpha value is -2.15. The van der Waals surface area contributed by atoms with Gasteiger partial charge in [0.05, 0.1) is 12.0 Å². The van der Waals surface area contributed by atoms with Gasteiger partial charge in [0.1, 0.15) is 5.75 Å². The molecular weight excluding hydrogens is 311 g/mol. The summed E-state index contributed by atoms with van der Waals surface area (Å²) in [6.07, 6.45) is -3.18. The second-order valence-electron chi connectivity index (χ2n) is 3.98. The standard InChI is InChI=1S/C13H9ClF3NO3/c14-8-3-4-10(21-7-13(15,16)17)9(6-8)18-12(19)11-2-1-5-20-11/h1-6H,7H2,(H,18,19). The first-order chi connectivity index (χ1) is 9.85. The number of carbonyl (C=O) groups is 1. The average molecular weight is 320 g/mol. The number of hydrogen-bond acceptors (Lipinski definition) is 3. The third-order valence-electron chi connectivity index (χ3n) is 2.33. The van der Waals surface area contributed by atoms with E-state index in [0.29, 0.717) is 0 Å². The fourth-order valence-electron chi connectivity index (χ4n) is 1.48. The summed E-state index contributed by atoms with van der Waals surface area (Å²) in [6.45, 7) is -1.47. The molecule has 0 spiro atoms. The zero-order chi connectivity index (χ0) is 15.5. The highest BCUT2D eigenvalue weighted by molar-refractivity contribution is 6.31. The highest BCUT2D eigenvalue weighted by Gasteiger charge is 2.29. The quantitative estimate of drug-likeness (QED) is 0.922. The lowest BCUT2D eigenvalue weighted by Crippen LogP contribution is -2.20. The van der Waals surface area contributed by atoms with E-state index in [4.69, 9.17) is 16.0 Å². The summed E-state index contributed by atoms with van der Waals surface area (Å²) in [6, 6.07) is 6.81. The predicted octanol–water partition coefficient (Wildman–Crippen LogP) is 4.13. The van der Waals surface area contributed by atoms with Crippen LogP contribution in [-0.2, 0) is 0 Å². The Balaban J connectivity index is 2.17. The molecule has 0 saturated heterocycles. The van der Waals surface area contributed by atoms with Crippen molar-refractivity contribution in [2.24, 2.45) is 0 Å². The van der Waals surface area contributed by atoms with E-state index >= 15 is 0 Å². The smallest absolute Gasteiger partial charge is 0.422 e. The van der Waals surface area contributed by atoms with E-state index in [2.05, 4.69) is 10.1 Å². The molecule has 0 saturated carbocycles. The number of halogens is 4. The fourth-order valence-corrected chi connectivity index (χ4v) is 1.65. The highest BCUT2D eigenvalue weighted by atomic mass is 35.5. The van der Waals surface area contributed by atoms with Crippen LogP contribution in [0.5, 0.6) is 5.75 Å². The van der Waals surface area contributed by atoms with E-state index in [1.165, 1.54) is 36.6 Å². The molecule has 21 heavy (non-hydrogen) atoms. The zero-order valence-electron chi connectivity index (χ0n) is 10.4. The number of ether oxygens (including phenoxy) is 1. The first-order valence-electron chi connectivity index (χ1n) is 5.69. The number of rotatable bonds is 4. The maximum atomic E-state index is 12.2. The van der Waals surface area contributed by atoms with Gasteiger partial charge in [-0.3, -0.25) is 4.79 Å². The van der Waals surface area contributed by atoms with Crippen molar-refractivity contribution in [1.82, 2.24) is 0 Å². The van der Waals surface area contributed by atoms with Crippen molar-refractivity contribution in [2.45, 2.75) is 6.18 Å². The Labute approximate surface area is 122 Å². The van der Waals surface area contributed by atoms with Crippen molar-refractivity contribution in [1.29, 1.82) is 0 Å². The molecule has 0 aliphatic rings. The van der Waals surface area contributed by atoms with Crippen molar-refractivity contribution in [2.75, 3.05) is 11.9 Å². The van der Waals surface area contributed by atoms with Crippen LogP contribution in [0.2, 0.25) is 5.02 Å². The van der Waals surface area contributed by atoms with Crippen LogP contribution in [-0.4, -0.2) is 18.7 Å². The Kier molecular flexibility index (Phi) is 4.42. The first-order valence-corrected chi connectivity index (χ1v) is 6.07. The van der Waals surface area contributed by atoms with Crippen LogP contribution in [0.15, 0.2) is 41.0 Å². The molecule has 2 aromatic rings. The van der Waals surface area contributed by atoms with Gasteiger partial charge in [-0.15, -0.1) is 0 Å². The normalized spacial score (nSPS) is 11.2. The minimum atomic E-state index is -4.48. The number of amides is 1. The van der Waals surface area contributed by atoms with Crippen LogP contribution in [0, 0.1) is 0 Å². The van der Waals surface area contributed by atoms with Gasteiger partial charge in [-0.2, -0.15) is 13.2 Å². The number of nitrogens with one attached hydrogen (secondary N) is 1. The molecule has 0 radical (unpaired) electrons. The zero-order valence-corrected chi connectivity index (χ0v) is 11.2. The topological polar surface area (TPSA) is 51.5 Å². The van der Waals surface area contributed by atoms with Crippen LogP contribution in [0.25, 0.3) is 0 Å². The summed E-state index contributed by atoms with van der Waals surface area (Å²) in [7, 11) is 0. The second-order valence-corrected chi connectivity index (χ2v) is 4.41. The summed E-state index contributed by atoms with van der Waals surface area (Å²) in [4.78, 5) is 11.8. The molecule has 0 atom stereocenters. The number of benzene rings is 1. The highest BCUT2D eigenvalue weighted by Crippen LogP contribution is 2.30. The maximum absolute atomic E-state index is 12.2. The van der Waals surface area contributed by atoms with Crippen LogP contribution >= 0.6 is 11.6 Å². The lowest BCUT2D eigenvalue weighted by atomic mass is 10.2. The molecular formula is C13H9ClF3NO3. The summed E-state index contributed by atoms with van der Waals surface area (Å²) < 4.78 is 46.1. The number of anilines is 1. The van der Waals surface area contributed by atoms with Gasteiger partial charge in [0.2, 0.25) is 0 Å². The van der Waals surface area contributed by atoms with Crippen molar-refractivity contribution in [3.63, 3.8) is 0 Å². The van der Waals surface area contributed by atoms with Crippen molar-refractivity contribution in [3.05, 3.63) is 47.4 Å². The molecule has 2 rings (SSSR count). The Morgan fingerprint density at radius 1 is 1.33 bits per heavy atom. The summed E-state index contributed by atoms with van der Waals surface area (Å²) in [5.74, 6) is -0.757. The third kappa shape index (κ3) is 4.42. The van der Waals surface area contributed by atoms with Gasteiger partial charge in [-0.1, -0.05) is 11.6 Å². The molecule has 0 bridgehead atoms. The van der Waals surface area contributed by atoms with Gasteiger partial charge in [-0.25, -0.2) is 0 Å². The fraction of sp³-hybridized carbons (Fsp3) is 0.154. The Morgan fingerprint density at radius 3 is 2.71 bits per heavy atom. The van der Waals surface area contributed by atoms with Crippen LogP contribution < -0.4 is 10.1 Å². The van der Waals surface area contributed by atoms with Crippen molar-refractivity contribution >= 4 is 23.2 Å². The number of furan rings is 1. The van der Waals surface area contributed by atoms with Gasteiger partial charge in [0.25, 0.3) is 5.91 Å². The van der Waals surface area contributed by atoms with E-state index in [1.54, 1.807) is 0 Å². The monoisotopic (exact) mass is 319 g/mol. The Morgan fingerprint density at radius 2 is 2.10 bits per heavy atom. The molecule has 1 aromatic heterocycles. The molecule has 0 fully saturated rings. The maximum Gasteiger partial charge on any atom is 0.422 e. The predicted molar refractivity (Wildman–Crippen MR) is 69.7 cm³/mol. The summed E-state index contributed by atoms with van der Waals surface area (Å²) in [5, 5.41) is 2.62. The van der Waals surface area contributed by atoms with Crippen molar-refractivity contribution in [3.8, 4) is 5.75 Å². The molecule has 0 aliphatic heterocycles. The SMILES string of the molecule is O=C(Nc1cc(Cl)ccc1OCC(F)(F)F)c1ccco1. The molecule has 1 amide bonds. The number of alkyl halides is 3. The molecule has 4 nitrogen and oxygen atoms in total. The molecule has 0 unspecified atom stereocenters. The average Bonchev–Trinajstić information content (AvgIpc) is 2.90. The lowest BCUT2D eigenvalue weighted by Gasteiger charge is -2.13. The minimum absolute atomic E-state index is 0.0109. The van der Waals surface area contributed by atoms with E-state index in [1.807, 2.05) is 0 Å². The lowest BCUT2D eigenvalue weighted by molar-refractivity contribution is -0.153. The van der Waals surface area contributed by atoms with E-state index in [0.717, 1.165) is 0 Å². The Bertz CT molecular complexity index is 626. The van der Waals surface area contributed by atoms with Crippen molar-refractivity contribution < 1.29 is 27.1 Å². The first kappa shape index (κ1) is 15.2. The summed E-state index contributed by atoms with van der Waals surface area (Å²) >= 11 is 5.76. The van der Waals surface area contributed by atoms with Crippen LogP contribution in [0.4, 0.5) is 18.9 Å². The van der Waals surface area contributed by atoms with E-state index in [9.17, 15) is 18.0 Å². The molecule has 1 aromatic carbocycles. The number of hydrogen-bond donors (Lipinski definition) is 1.